The number of aromatic nitrogens is 1. The molecule has 0 aliphatic rings. The highest BCUT2D eigenvalue weighted by molar-refractivity contribution is 9.10. The Kier molecular flexibility index (Phi) is 3.03. The van der Waals surface area contributed by atoms with Crippen LogP contribution in [0.4, 0.5) is 0 Å². The summed E-state index contributed by atoms with van der Waals surface area (Å²) in [6.07, 6.45) is 0. The fraction of sp³-hybridized carbons (Fsp3) is 0.100. The first-order valence-corrected chi connectivity index (χ1v) is 5.98. The van der Waals surface area contributed by atoms with Crippen LogP contribution in [0.3, 0.4) is 0 Å². The van der Waals surface area contributed by atoms with Crippen molar-refractivity contribution in [2.45, 2.75) is 5.33 Å². The standard InChI is InChI=1S/C10H7Br2NO/c11-6-9-5-10(13-14-9)7-1-3-8(12)4-2-7/h1-5H,6H2. The van der Waals surface area contributed by atoms with Crippen molar-refractivity contribution in [2.24, 2.45) is 0 Å². The number of hydrogen-bond acceptors (Lipinski definition) is 2. The maximum Gasteiger partial charge on any atom is 0.147 e. The summed E-state index contributed by atoms with van der Waals surface area (Å²) in [6.45, 7) is 0. The number of nitrogens with zero attached hydrogens (tertiary/aromatic N) is 1. The Bertz CT molecular complexity index is 422. The molecule has 0 fully saturated rings. The van der Waals surface area contributed by atoms with Gasteiger partial charge in [-0.2, -0.15) is 0 Å². The minimum absolute atomic E-state index is 0.691. The Hall–Kier alpha value is -0.610. The van der Waals surface area contributed by atoms with Gasteiger partial charge in [-0.3, -0.25) is 0 Å². The molecule has 4 heteroatoms. The molecular weight excluding hydrogens is 310 g/mol. The van der Waals surface area contributed by atoms with Gasteiger partial charge in [-0.1, -0.05) is 49.1 Å². The van der Waals surface area contributed by atoms with E-state index in [0.717, 1.165) is 21.5 Å². The quantitative estimate of drug-likeness (QED) is 0.783. The number of benzene rings is 1. The highest BCUT2D eigenvalue weighted by Gasteiger charge is 2.04. The Balaban J connectivity index is 2.34. The lowest BCUT2D eigenvalue weighted by Gasteiger charge is -1.94. The molecule has 1 aromatic heterocycles. The first-order chi connectivity index (χ1) is 6.79. The molecule has 0 unspecified atom stereocenters. The molecule has 0 saturated carbocycles. The van der Waals surface area contributed by atoms with E-state index in [1.165, 1.54) is 0 Å². The molecule has 1 heterocycles. The van der Waals surface area contributed by atoms with Crippen LogP contribution in [0.5, 0.6) is 0 Å². The third-order valence-electron chi connectivity index (χ3n) is 1.83. The van der Waals surface area contributed by atoms with E-state index in [-0.39, 0.29) is 0 Å². The smallest absolute Gasteiger partial charge is 0.147 e. The molecule has 0 radical (unpaired) electrons. The molecule has 0 saturated heterocycles. The molecule has 2 nitrogen and oxygen atoms in total. The van der Waals surface area contributed by atoms with Crippen LogP contribution < -0.4 is 0 Å². The van der Waals surface area contributed by atoms with Crippen LogP contribution >= 0.6 is 31.9 Å². The summed E-state index contributed by atoms with van der Waals surface area (Å²) in [4.78, 5) is 0. The highest BCUT2D eigenvalue weighted by atomic mass is 79.9. The average molecular weight is 317 g/mol. The zero-order chi connectivity index (χ0) is 9.97. The van der Waals surface area contributed by atoms with Crippen molar-refractivity contribution in [3.8, 4) is 11.3 Å². The van der Waals surface area contributed by atoms with Crippen LogP contribution in [-0.2, 0) is 5.33 Å². The molecule has 0 bridgehead atoms. The largest absolute Gasteiger partial charge is 0.360 e. The third-order valence-corrected chi connectivity index (χ3v) is 2.91. The van der Waals surface area contributed by atoms with Gasteiger partial charge in [-0.15, -0.1) is 0 Å². The van der Waals surface area contributed by atoms with E-state index in [0.29, 0.717) is 5.33 Å². The van der Waals surface area contributed by atoms with E-state index in [1.54, 1.807) is 0 Å². The lowest BCUT2D eigenvalue weighted by molar-refractivity contribution is 0.398. The molecule has 72 valence electrons. The van der Waals surface area contributed by atoms with Gasteiger partial charge in [0.15, 0.2) is 0 Å². The third kappa shape index (κ3) is 2.07. The second-order valence-corrected chi connectivity index (χ2v) is 4.30. The first kappa shape index (κ1) is 9.93. The molecule has 14 heavy (non-hydrogen) atoms. The summed E-state index contributed by atoms with van der Waals surface area (Å²) in [7, 11) is 0. The van der Waals surface area contributed by atoms with Gasteiger partial charge in [-0.05, 0) is 12.1 Å². The van der Waals surface area contributed by atoms with Crippen molar-refractivity contribution >= 4 is 31.9 Å². The van der Waals surface area contributed by atoms with Crippen molar-refractivity contribution in [1.82, 2.24) is 5.16 Å². The Morgan fingerprint density at radius 1 is 1.21 bits per heavy atom. The number of rotatable bonds is 2. The van der Waals surface area contributed by atoms with Gasteiger partial charge in [0.2, 0.25) is 0 Å². The van der Waals surface area contributed by atoms with Crippen LogP contribution in [0, 0.1) is 0 Å². The van der Waals surface area contributed by atoms with Crippen LogP contribution in [0.25, 0.3) is 11.3 Å². The number of alkyl halides is 1. The van der Waals surface area contributed by atoms with Crippen LogP contribution in [0.15, 0.2) is 39.3 Å². The molecule has 1 aromatic carbocycles. The highest BCUT2D eigenvalue weighted by Crippen LogP contribution is 2.22. The van der Waals surface area contributed by atoms with Gasteiger partial charge in [0, 0.05) is 16.1 Å². The second-order valence-electron chi connectivity index (χ2n) is 2.82. The Labute approximate surface area is 98.6 Å². The van der Waals surface area contributed by atoms with Crippen LogP contribution in [0.1, 0.15) is 5.76 Å². The van der Waals surface area contributed by atoms with Gasteiger partial charge in [0.25, 0.3) is 0 Å². The molecule has 0 aliphatic carbocycles. The van der Waals surface area contributed by atoms with Gasteiger partial charge < -0.3 is 4.52 Å². The van der Waals surface area contributed by atoms with Gasteiger partial charge in [0.1, 0.15) is 11.5 Å². The molecular formula is C10H7Br2NO. The Morgan fingerprint density at radius 2 is 1.93 bits per heavy atom. The van der Waals surface area contributed by atoms with Gasteiger partial charge >= 0.3 is 0 Å². The van der Waals surface area contributed by atoms with E-state index < -0.39 is 0 Å². The maximum absolute atomic E-state index is 5.09. The van der Waals surface area contributed by atoms with E-state index >= 15 is 0 Å². The molecule has 2 rings (SSSR count). The lowest BCUT2D eigenvalue weighted by atomic mass is 10.1. The van der Waals surface area contributed by atoms with E-state index in [9.17, 15) is 0 Å². The van der Waals surface area contributed by atoms with Crippen LogP contribution in [0.2, 0.25) is 0 Å². The summed E-state index contributed by atoms with van der Waals surface area (Å²) in [5.41, 5.74) is 1.93. The molecule has 0 N–H and O–H groups in total. The molecule has 0 atom stereocenters. The fourth-order valence-electron chi connectivity index (χ4n) is 1.13. The predicted octanol–water partition coefficient (Wildman–Crippen LogP) is 4.00. The van der Waals surface area contributed by atoms with E-state index in [4.69, 9.17) is 4.52 Å². The second kappa shape index (κ2) is 4.28. The lowest BCUT2D eigenvalue weighted by Crippen LogP contribution is -1.75. The number of hydrogen-bond donors (Lipinski definition) is 0. The van der Waals surface area contributed by atoms with E-state index in [1.807, 2.05) is 30.3 Å². The van der Waals surface area contributed by atoms with Crippen molar-refractivity contribution in [1.29, 1.82) is 0 Å². The van der Waals surface area contributed by atoms with E-state index in [2.05, 4.69) is 37.0 Å². The molecule has 0 aliphatic heterocycles. The minimum Gasteiger partial charge on any atom is -0.360 e. The van der Waals surface area contributed by atoms with Crippen molar-refractivity contribution in [3.63, 3.8) is 0 Å². The topological polar surface area (TPSA) is 26.0 Å². The first-order valence-electron chi connectivity index (χ1n) is 4.07. The maximum atomic E-state index is 5.09. The summed E-state index contributed by atoms with van der Waals surface area (Å²) < 4.78 is 6.15. The molecule has 0 amide bonds. The molecule has 0 spiro atoms. The van der Waals surface area contributed by atoms with Crippen molar-refractivity contribution < 1.29 is 4.52 Å². The van der Waals surface area contributed by atoms with Crippen molar-refractivity contribution in [3.05, 3.63) is 40.6 Å². The monoisotopic (exact) mass is 315 g/mol. The zero-order valence-corrected chi connectivity index (χ0v) is 10.4. The number of halogens is 2. The predicted molar refractivity (Wildman–Crippen MR) is 62.3 cm³/mol. The summed E-state index contributed by atoms with van der Waals surface area (Å²) in [5, 5.41) is 4.66. The van der Waals surface area contributed by atoms with Gasteiger partial charge in [-0.25, -0.2) is 0 Å². The van der Waals surface area contributed by atoms with Crippen molar-refractivity contribution in [2.75, 3.05) is 0 Å². The Morgan fingerprint density at radius 3 is 2.50 bits per heavy atom. The van der Waals surface area contributed by atoms with Gasteiger partial charge in [0.05, 0.1) is 5.33 Å². The summed E-state index contributed by atoms with van der Waals surface area (Å²) in [5.74, 6) is 0.836. The summed E-state index contributed by atoms with van der Waals surface area (Å²) in [6, 6.07) is 9.90. The average Bonchev–Trinajstić information content (AvgIpc) is 2.67. The summed E-state index contributed by atoms with van der Waals surface area (Å²) >= 11 is 6.70. The minimum atomic E-state index is 0.691. The SMILES string of the molecule is BrCc1cc(-c2ccc(Br)cc2)no1. The normalized spacial score (nSPS) is 10.4. The molecule has 2 aromatic rings. The van der Waals surface area contributed by atoms with Crippen LogP contribution in [-0.4, -0.2) is 5.16 Å². The zero-order valence-electron chi connectivity index (χ0n) is 7.21. The fourth-order valence-corrected chi connectivity index (χ4v) is 1.66.